The van der Waals surface area contributed by atoms with E-state index in [-0.39, 0.29) is 0 Å². The van der Waals surface area contributed by atoms with Crippen molar-refractivity contribution in [2.45, 2.75) is 13.5 Å². The minimum Gasteiger partial charge on any atom is -0.365 e. The van der Waals surface area contributed by atoms with Gasteiger partial charge in [-0.25, -0.2) is 9.97 Å². The van der Waals surface area contributed by atoms with Gasteiger partial charge in [0.05, 0.1) is 5.52 Å². The van der Waals surface area contributed by atoms with Crippen molar-refractivity contribution in [1.29, 1.82) is 0 Å². The summed E-state index contributed by atoms with van der Waals surface area (Å²) < 4.78 is 1.89. The molecule has 118 valence electrons. The van der Waals surface area contributed by atoms with Gasteiger partial charge in [0.2, 0.25) is 5.95 Å². The van der Waals surface area contributed by atoms with E-state index in [1.165, 1.54) is 5.56 Å². The molecule has 4 rings (SSSR count). The monoisotopic (exact) mass is 315 g/mol. The Hall–Kier alpha value is -3.21. The van der Waals surface area contributed by atoms with Crippen LogP contribution in [0.1, 0.15) is 11.4 Å². The summed E-state index contributed by atoms with van der Waals surface area (Å²) in [6.45, 7) is 2.65. The van der Waals surface area contributed by atoms with E-state index in [1.807, 2.05) is 60.2 Å². The summed E-state index contributed by atoms with van der Waals surface area (Å²) in [4.78, 5) is 13.6. The molecule has 0 aliphatic heterocycles. The van der Waals surface area contributed by atoms with Crippen molar-refractivity contribution in [3.63, 3.8) is 0 Å². The molecule has 5 heteroatoms. The fourth-order valence-corrected chi connectivity index (χ4v) is 2.68. The summed E-state index contributed by atoms with van der Waals surface area (Å²) in [6.07, 6.45) is 3.63. The molecule has 0 aliphatic rings. The van der Waals surface area contributed by atoms with E-state index in [1.54, 1.807) is 6.20 Å². The third-order valence-electron chi connectivity index (χ3n) is 3.94. The van der Waals surface area contributed by atoms with E-state index < -0.39 is 0 Å². The van der Waals surface area contributed by atoms with Crippen LogP contribution >= 0.6 is 0 Å². The molecule has 24 heavy (non-hydrogen) atoms. The quantitative estimate of drug-likeness (QED) is 0.623. The van der Waals surface area contributed by atoms with Gasteiger partial charge in [-0.15, -0.1) is 0 Å². The fraction of sp³-hybridized carbons (Fsp3) is 0.105. The summed E-state index contributed by atoms with van der Waals surface area (Å²) >= 11 is 0. The third kappa shape index (κ3) is 2.72. The van der Waals surface area contributed by atoms with E-state index in [2.05, 4.69) is 27.4 Å². The van der Waals surface area contributed by atoms with Gasteiger partial charge < -0.3 is 5.32 Å². The van der Waals surface area contributed by atoms with Gasteiger partial charge in [-0.1, -0.05) is 42.5 Å². The Labute approximate surface area is 140 Å². The number of hydrogen-bond donors (Lipinski definition) is 1. The van der Waals surface area contributed by atoms with Crippen LogP contribution in [0.3, 0.4) is 0 Å². The van der Waals surface area contributed by atoms with Gasteiger partial charge in [-0.05, 0) is 24.6 Å². The second-order valence-electron chi connectivity index (χ2n) is 5.57. The molecule has 0 saturated carbocycles. The zero-order valence-corrected chi connectivity index (χ0v) is 13.3. The second-order valence-corrected chi connectivity index (χ2v) is 5.57. The van der Waals surface area contributed by atoms with Crippen LogP contribution in [0.4, 0.5) is 5.82 Å². The average molecular weight is 315 g/mol. The number of nitrogens with one attached hydrogen (secondary N) is 1. The van der Waals surface area contributed by atoms with Crippen LogP contribution in [-0.2, 0) is 6.54 Å². The van der Waals surface area contributed by atoms with Crippen LogP contribution < -0.4 is 5.32 Å². The first-order valence-electron chi connectivity index (χ1n) is 7.86. The van der Waals surface area contributed by atoms with Crippen molar-refractivity contribution in [3.8, 4) is 5.95 Å². The van der Waals surface area contributed by atoms with Crippen LogP contribution in [0.5, 0.6) is 0 Å². The molecular weight excluding hydrogens is 298 g/mol. The molecule has 0 fully saturated rings. The molecule has 0 saturated heterocycles. The van der Waals surface area contributed by atoms with Gasteiger partial charge in [-0.3, -0.25) is 4.57 Å². The Bertz CT molecular complexity index is 975. The van der Waals surface area contributed by atoms with Gasteiger partial charge in [-0.2, -0.15) is 4.98 Å². The minimum absolute atomic E-state index is 0.624. The van der Waals surface area contributed by atoms with Crippen LogP contribution in [0, 0.1) is 6.92 Å². The largest absolute Gasteiger partial charge is 0.365 e. The summed E-state index contributed by atoms with van der Waals surface area (Å²) in [7, 11) is 0. The fourth-order valence-electron chi connectivity index (χ4n) is 2.68. The molecule has 2 heterocycles. The minimum atomic E-state index is 0.624. The Morgan fingerprint density at radius 2 is 1.75 bits per heavy atom. The van der Waals surface area contributed by atoms with Crippen molar-refractivity contribution < 1.29 is 0 Å². The molecule has 0 amide bonds. The summed E-state index contributed by atoms with van der Waals surface area (Å²) in [5, 5.41) is 4.45. The standard InChI is InChI=1S/C19H17N5/c1-14-20-11-12-24(14)19-22-17-10-6-5-9-16(17)18(23-19)21-13-15-7-3-2-4-8-15/h2-12H,13H2,1H3,(H,21,22,23). The summed E-state index contributed by atoms with van der Waals surface area (Å²) in [5.41, 5.74) is 2.12. The van der Waals surface area contributed by atoms with E-state index in [0.29, 0.717) is 12.5 Å². The van der Waals surface area contributed by atoms with Crippen molar-refractivity contribution in [1.82, 2.24) is 19.5 Å². The molecule has 4 aromatic rings. The maximum atomic E-state index is 4.72. The first-order valence-corrected chi connectivity index (χ1v) is 7.86. The number of aromatic nitrogens is 4. The highest BCUT2D eigenvalue weighted by Gasteiger charge is 2.10. The van der Waals surface area contributed by atoms with Crippen molar-refractivity contribution >= 4 is 16.7 Å². The number of anilines is 1. The van der Waals surface area contributed by atoms with Crippen LogP contribution in [0.2, 0.25) is 0 Å². The van der Waals surface area contributed by atoms with Gasteiger partial charge in [0.15, 0.2) is 0 Å². The van der Waals surface area contributed by atoms with Crippen LogP contribution in [-0.4, -0.2) is 19.5 Å². The molecule has 2 aromatic heterocycles. The lowest BCUT2D eigenvalue weighted by Gasteiger charge is -2.12. The highest BCUT2D eigenvalue weighted by Crippen LogP contribution is 2.22. The highest BCUT2D eigenvalue weighted by molar-refractivity contribution is 5.89. The SMILES string of the molecule is Cc1nccn1-c1nc(NCc2ccccc2)c2ccccc2n1. The first-order chi connectivity index (χ1) is 11.8. The Morgan fingerprint density at radius 3 is 2.54 bits per heavy atom. The van der Waals surface area contributed by atoms with Gasteiger partial charge >= 0.3 is 0 Å². The normalized spacial score (nSPS) is 10.9. The van der Waals surface area contributed by atoms with Gasteiger partial charge in [0.25, 0.3) is 0 Å². The van der Waals surface area contributed by atoms with E-state index in [9.17, 15) is 0 Å². The molecule has 0 aliphatic carbocycles. The molecular formula is C19H17N5. The molecule has 0 bridgehead atoms. The Morgan fingerprint density at radius 1 is 0.958 bits per heavy atom. The maximum Gasteiger partial charge on any atom is 0.237 e. The zero-order chi connectivity index (χ0) is 16.4. The van der Waals surface area contributed by atoms with Gasteiger partial charge in [0, 0.05) is 24.3 Å². The molecule has 0 radical (unpaired) electrons. The molecule has 0 unspecified atom stereocenters. The number of rotatable bonds is 4. The number of fused-ring (bicyclic) bond motifs is 1. The topological polar surface area (TPSA) is 55.6 Å². The predicted octanol–water partition coefficient (Wildman–Crippen LogP) is 3.74. The first kappa shape index (κ1) is 14.4. The number of para-hydroxylation sites is 1. The lowest BCUT2D eigenvalue weighted by atomic mass is 10.2. The number of nitrogens with zero attached hydrogens (tertiary/aromatic N) is 4. The molecule has 0 atom stereocenters. The number of aryl methyl sites for hydroxylation is 1. The Kier molecular flexibility index (Phi) is 3.67. The highest BCUT2D eigenvalue weighted by atomic mass is 15.2. The van der Waals surface area contributed by atoms with E-state index >= 15 is 0 Å². The van der Waals surface area contributed by atoms with Crippen molar-refractivity contribution in [2.75, 3.05) is 5.32 Å². The molecule has 5 nitrogen and oxygen atoms in total. The van der Waals surface area contributed by atoms with E-state index in [4.69, 9.17) is 4.98 Å². The Balaban J connectivity index is 1.76. The smallest absolute Gasteiger partial charge is 0.237 e. The van der Waals surface area contributed by atoms with E-state index in [0.717, 1.165) is 22.5 Å². The van der Waals surface area contributed by atoms with Gasteiger partial charge in [0.1, 0.15) is 11.6 Å². The lowest BCUT2D eigenvalue weighted by Crippen LogP contribution is -2.08. The number of hydrogen-bond acceptors (Lipinski definition) is 4. The molecule has 0 spiro atoms. The van der Waals surface area contributed by atoms with Crippen LogP contribution in [0.15, 0.2) is 67.0 Å². The van der Waals surface area contributed by atoms with Crippen molar-refractivity contribution in [3.05, 3.63) is 78.4 Å². The van der Waals surface area contributed by atoms with Crippen LogP contribution in [0.25, 0.3) is 16.9 Å². The summed E-state index contributed by atoms with van der Waals surface area (Å²) in [5.74, 6) is 2.31. The molecule has 1 N–H and O–H groups in total. The third-order valence-corrected chi connectivity index (χ3v) is 3.94. The number of benzene rings is 2. The van der Waals surface area contributed by atoms with Crippen molar-refractivity contribution in [2.24, 2.45) is 0 Å². The molecule has 2 aromatic carbocycles. The summed E-state index contributed by atoms with van der Waals surface area (Å²) in [6, 6.07) is 18.3. The zero-order valence-electron chi connectivity index (χ0n) is 13.3. The lowest BCUT2D eigenvalue weighted by molar-refractivity contribution is 0.892. The maximum absolute atomic E-state index is 4.72. The predicted molar refractivity (Wildman–Crippen MR) is 95.2 cm³/mol. The number of imidazole rings is 1. The average Bonchev–Trinajstić information content (AvgIpc) is 3.06. The second kappa shape index (κ2) is 6.12.